The minimum absolute atomic E-state index is 0.256. The monoisotopic (exact) mass is 320 g/mol. The summed E-state index contributed by atoms with van der Waals surface area (Å²) in [6.07, 6.45) is 0. The topological polar surface area (TPSA) is 94.4 Å². The third-order valence-electron chi connectivity index (χ3n) is 2.83. The van der Waals surface area contributed by atoms with Gasteiger partial charge in [-0.2, -0.15) is 0 Å². The summed E-state index contributed by atoms with van der Waals surface area (Å²) in [5.74, 6) is 0.548. The van der Waals surface area contributed by atoms with Crippen LogP contribution in [0.3, 0.4) is 0 Å². The van der Waals surface area contributed by atoms with Gasteiger partial charge < -0.3 is 4.98 Å². The van der Waals surface area contributed by atoms with E-state index in [1.165, 1.54) is 0 Å². The SMILES string of the molecule is Cc1cc(Br)ccc1-c1nc2[nH]c(=O)[nH]c(=O)c2[nH]1. The van der Waals surface area contributed by atoms with Crippen molar-refractivity contribution in [1.82, 2.24) is 19.9 Å². The molecule has 3 rings (SSSR count). The highest BCUT2D eigenvalue weighted by Crippen LogP contribution is 2.24. The number of aromatic amines is 3. The molecule has 0 saturated carbocycles. The molecule has 0 bridgehead atoms. The second-order valence-electron chi connectivity index (χ2n) is 4.18. The number of aromatic nitrogens is 4. The summed E-state index contributed by atoms with van der Waals surface area (Å²) in [5.41, 5.74) is 1.35. The quantitative estimate of drug-likeness (QED) is 0.636. The van der Waals surface area contributed by atoms with Crippen molar-refractivity contribution >= 4 is 27.1 Å². The summed E-state index contributed by atoms with van der Waals surface area (Å²) in [7, 11) is 0. The van der Waals surface area contributed by atoms with Crippen LogP contribution >= 0.6 is 15.9 Å². The zero-order valence-corrected chi connectivity index (χ0v) is 11.5. The molecular formula is C12H9BrN4O2. The van der Waals surface area contributed by atoms with Crippen molar-refractivity contribution in [2.24, 2.45) is 0 Å². The van der Waals surface area contributed by atoms with Gasteiger partial charge in [-0.3, -0.25) is 14.8 Å². The summed E-state index contributed by atoms with van der Waals surface area (Å²) >= 11 is 3.39. The van der Waals surface area contributed by atoms with E-state index in [0.717, 1.165) is 15.6 Å². The molecule has 2 aromatic heterocycles. The first-order valence-electron chi connectivity index (χ1n) is 5.53. The van der Waals surface area contributed by atoms with Crippen LogP contribution in [0.1, 0.15) is 5.56 Å². The van der Waals surface area contributed by atoms with Gasteiger partial charge >= 0.3 is 5.69 Å². The second kappa shape index (κ2) is 4.20. The van der Waals surface area contributed by atoms with Crippen LogP contribution in [0.2, 0.25) is 0 Å². The molecule has 0 saturated heterocycles. The number of H-pyrrole nitrogens is 3. The Hall–Kier alpha value is -2.15. The largest absolute Gasteiger partial charge is 0.332 e. The van der Waals surface area contributed by atoms with Crippen LogP contribution in [0.5, 0.6) is 0 Å². The predicted molar refractivity (Wildman–Crippen MR) is 75.2 cm³/mol. The highest BCUT2D eigenvalue weighted by Gasteiger charge is 2.11. The van der Waals surface area contributed by atoms with Crippen LogP contribution in [0.15, 0.2) is 32.3 Å². The summed E-state index contributed by atoms with van der Waals surface area (Å²) < 4.78 is 0.969. The smallest absolute Gasteiger partial charge is 0.327 e. The highest BCUT2D eigenvalue weighted by atomic mass is 79.9. The van der Waals surface area contributed by atoms with E-state index in [-0.39, 0.29) is 11.2 Å². The Bertz CT molecular complexity index is 891. The molecule has 0 unspecified atom stereocenters. The fourth-order valence-corrected chi connectivity index (χ4v) is 2.43. The summed E-state index contributed by atoms with van der Waals surface area (Å²) in [6.45, 7) is 1.94. The Balaban J connectivity index is 2.29. The molecule has 3 N–H and O–H groups in total. The van der Waals surface area contributed by atoms with Crippen LogP contribution < -0.4 is 11.2 Å². The molecule has 7 heteroatoms. The molecule has 3 aromatic rings. The van der Waals surface area contributed by atoms with Gasteiger partial charge in [0.05, 0.1) is 0 Å². The fraction of sp³-hybridized carbons (Fsp3) is 0.0833. The summed E-state index contributed by atoms with van der Waals surface area (Å²) in [4.78, 5) is 34.6. The number of halogens is 1. The number of imidazole rings is 1. The standard InChI is InChI=1S/C12H9BrN4O2/c1-5-4-6(13)2-3-7(5)9-14-8-10(15-9)16-12(19)17-11(8)18/h2-4H,1H3,(H3,14,15,16,17,18,19). The lowest BCUT2D eigenvalue weighted by Gasteiger charge is -2.02. The number of fused-ring (bicyclic) bond motifs is 1. The van der Waals surface area contributed by atoms with E-state index in [2.05, 4.69) is 35.9 Å². The van der Waals surface area contributed by atoms with Crippen molar-refractivity contribution in [3.63, 3.8) is 0 Å². The summed E-state index contributed by atoms with van der Waals surface area (Å²) in [5, 5.41) is 0. The fourth-order valence-electron chi connectivity index (χ4n) is 1.95. The van der Waals surface area contributed by atoms with Gasteiger partial charge in [0.2, 0.25) is 0 Å². The Morgan fingerprint density at radius 1 is 1.16 bits per heavy atom. The highest BCUT2D eigenvalue weighted by molar-refractivity contribution is 9.10. The molecule has 6 nitrogen and oxygen atoms in total. The van der Waals surface area contributed by atoms with Crippen molar-refractivity contribution in [2.45, 2.75) is 6.92 Å². The molecule has 1 aromatic carbocycles. The number of hydrogen-bond acceptors (Lipinski definition) is 3. The molecule has 19 heavy (non-hydrogen) atoms. The van der Waals surface area contributed by atoms with Crippen LogP contribution in [-0.4, -0.2) is 19.9 Å². The average molecular weight is 321 g/mol. The molecule has 0 aliphatic carbocycles. The number of benzene rings is 1. The van der Waals surface area contributed by atoms with E-state index >= 15 is 0 Å². The van der Waals surface area contributed by atoms with Gasteiger partial charge in [0, 0.05) is 10.0 Å². The van der Waals surface area contributed by atoms with Gasteiger partial charge in [-0.25, -0.2) is 9.78 Å². The number of nitrogens with one attached hydrogen (secondary N) is 3. The third-order valence-corrected chi connectivity index (χ3v) is 3.33. The van der Waals surface area contributed by atoms with E-state index in [1.54, 1.807) is 0 Å². The normalized spacial score (nSPS) is 11.1. The molecule has 0 atom stereocenters. The lowest BCUT2D eigenvalue weighted by molar-refractivity contribution is 1.07. The maximum Gasteiger partial charge on any atom is 0.327 e. The number of nitrogens with zero attached hydrogens (tertiary/aromatic N) is 1. The molecular weight excluding hydrogens is 312 g/mol. The maximum atomic E-state index is 11.6. The van der Waals surface area contributed by atoms with Gasteiger partial charge in [-0.05, 0) is 30.7 Å². The molecule has 0 radical (unpaired) electrons. The average Bonchev–Trinajstić information content (AvgIpc) is 2.72. The van der Waals surface area contributed by atoms with E-state index in [9.17, 15) is 9.59 Å². The summed E-state index contributed by atoms with van der Waals surface area (Å²) in [6, 6.07) is 5.74. The Labute approximate surface area is 115 Å². The number of rotatable bonds is 1. The predicted octanol–water partition coefficient (Wildman–Crippen LogP) is 1.68. The van der Waals surface area contributed by atoms with Crippen LogP contribution in [0.25, 0.3) is 22.6 Å². The maximum absolute atomic E-state index is 11.6. The van der Waals surface area contributed by atoms with Gasteiger partial charge in [0.25, 0.3) is 5.56 Å². The number of hydrogen-bond donors (Lipinski definition) is 3. The molecule has 0 fully saturated rings. The third kappa shape index (κ3) is 2.01. The lowest BCUT2D eigenvalue weighted by atomic mass is 10.1. The first-order valence-corrected chi connectivity index (χ1v) is 6.33. The van der Waals surface area contributed by atoms with Crippen molar-refractivity contribution in [2.75, 3.05) is 0 Å². The molecule has 0 spiro atoms. The molecule has 0 amide bonds. The van der Waals surface area contributed by atoms with Gasteiger partial charge in [-0.1, -0.05) is 15.9 Å². The second-order valence-corrected chi connectivity index (χ2v) is 5.09. The Morgan fingerprint density at radius 2 is 1.95 bits per heavy atom. The van der Waals surface area contributed by atoms with Crippen molar-refractivity contribution in [1.29, 1.82) is 0 Å². The van der Waals surface area contributed by atoms with E-state index in [4.69, 9.17) is 0 Å². The lowest BCUT2D eigenvalue weighted by Crippen LogP contribution is -2.21. The van der Waals surface area contributed by atoms with Crippen molar-refractivity contribution in [3.05, 3.63) is 49.1 Å². The van der Waals surface area contributed by atoms with Crippen molar-refractivity contribution < 1.29 is 0 Å². The Morgan fingerprint density at radius 3 is 2.68 bits per heavy atom. The van der Waals surface area contributed by atoms with Crippen LogP contribution in [0, 0.1) is 6.92 Å². The first kappa shape index (κ1) is 11.9. The van der Waals surface area contributed by atoms with Gasteiger partial charge in [0.1, 0.15) is 11.3 Å². The Kier molecular flexibility index (Phi) is 2.63. The van der Waals surface area contributed by atoms with Gasteiger partial charge in [0.15, 0.2) is 5.65 Å². The number of aryl methyl sites for hydroxylation is 1. The molecule has 2 heterocycles. The molecule has 0 aliphatic heterocycles. The zero-order chi connectivity index (χ0) is 13.6. The zero-order valence-electron chi connectivity index (χ0n) is 9.87. The van der Waals surface area contributed by atoms with E-state index in [0.29, 0.717) is 5.82 Å². The molecule has 0 aliphatic rings. The minimum atomic E-state index is -0.567. The van der Waals surface area contributed by atoms with Crippen molar-refractivity contribution in [3.8, 4) is 11.4 Å². The van der Waals surface area contributed by atoms with E-state index < -0.39 is 11.2 Å². The minimum Gasteiger partial charge on any atom is -0.332 e. The first-order chi connectivity index (χ1) is 9.04. The van der Waals surface area contributed by atoms with Gasteiger partial charge in [-0.15, -0.1) is 0 Å². The molecule has 96 valence electrons. The van der Waals surface area contributed by atoms with E-state index in [1.807, 2.05) is 25.1 Å². The van der Waals surface area contributed by atoms with Crippen LogP contribution in [-0.2, 0) is 0 Å². The van der Waals surface area contributed by atoms with Crippen LogP contribution in [0.4, 0.5) is 0 Å².